The SMILES string of the molecule is [Ir+3].[c-]1ccccc1-c1cc(-c2ccc(N(c3ccccc3)c3ccccc3)cc2)ccn1.[c-]1ccccc1-c1cc(-c2ccc(N(c3ccccc3)c3ccccc3)cc2)ccn1.[c-]1ccccc1-c1cc(-c2ccc(N(c3ccccc3)c3ccccc3)cc2)ccn1. The number of nitrogens with zero attached hydrogens (tertiary/aromatic N) is 6. The number of para-hydroxylation sites is 6. The van der Waals surface area contributed by atoms with Gasteiger partial charge in [-0.1, -0.05) is 164 Å². The third kappa shape index (κ3) is 15.5. The van der Waals surface area contributed by atoms with Crippen LogP contribution < -0.4 is 14.7 Å². The van der Waals surface area contributed by atoms with Crippen molar-refractivity contribution in [2.45, 2.75) is 0 Å². The molecule has 3 heterocycles. The summed E-state index contributed by atoms with van der Waals surface area (Å²) in [6.07, 6.45) is 5.58. The molecule has 0 N–H and O–H groups in total. The maximum absolute atomic E-state index is 4.52. The third-order valence-corrected chi connectivity index (χ3v) is 15.7. The van der Waals surface area contributed by atoms with Gasteiger partial charge in [0.05, 0.1) is 0 Å². The van der Waals surface area contributed by atoms with Crippen LogP contribution in [0.15, 0.2) is 383 Å². The molecule has 6 nitrogen and oxygen atoms in total. The number of aromatic nitrogens is 3. The zero-order valence-corrected chi connectivity index (χ0v) is 53.8. The first kappa shape index (κ1) is 62.3. The van der Waals surface area contributed by atoms with E-state index in [1.54, 1.807) is 0 Å². The summed E-state index contributed by atoms with van der Waals surface area (Å²) in [4.78, 5) is 20.4. The van der Waals surface area contributed by atoms with Gasteiger partial charge in [-0.05, 0) is 178 Å². The molecular formula is C87H63IrN6. The zero-order chi connectivity index (χ0) is 62.6. The summed E-state index contributed by atoms with van der Waals surface area (Å²) in [5.74, 6) is 0. The van der Waals surface area contributed by atoms with Gasteiger partial charge in [-0.15, -0.1) is 108 Å². The summed E-state index contributed by atoms with van der Waals surface area (Å²) in [6, 6.07) is 135. The number of hydrogen-bond acceptors (Lipinski definition) is 6. The predicted octanol–water partition coefficient (Wildman–Crippen LogP) is 23.1. The average Bonchev–Trinajstić information content (AvgIpc) is 1.32. The van der Waals surface area contributed by atoms with Gasteiger partial charge >= 0.3 is 20.1 Å². The summed E-state index contributed by atoms with van der Waals surface area (Å²) < 4.78 is 0. The van der Waals surface area contributed by atoms with E-state index in [-0.39, 0.29) is 20.1 Å². The van der Waals surface area contributed by atoms with Crippen molar-refractivity contribution in [2.24, 2.45) is 0 Å². The molecule has 94 heavy (non-hydrogen) atoms. The fraction of sp³-hybridized carbons (Fsp3) is 0. The normalized spacial score (nSPS) is 10.5. The third-order valence-electron chi connectivity index (χ3n) is 15.7. The molecular weight excluding hydrogens is 1320 g/mol. The van der Waals surface area contributed by atoms with Crippen LogP contribution in [-0.2, 0) is 20.1 Å². The van der Waals surface area contributed by atoms with E-state index in [0.717, 1.165) is 118 Å². The van der Waals surface area contributed by atoms with E-state index in [1.807, 2.05) is 146 Å². The van der Waals surface area contributed by atoms with Gasteiger partial charge in [0.2, 0.25) is 0 Å². The van der Waals surface area contributed by atoms with Crippen molar-refractivity contribution >= 4 is 51.2 Å². The maximum atomic E-state index is 4.52. The molecule has 0 aliphatic rings. The molecule has 15 rings (SSSR count). The standard InChI is InChI=1S/3C29H21N2.Ir/c3*1-4-10-24(11-5-1)29-22-25(20-21-30-29)23-16-18-28(19-17-23)31(26-12-6-2-7-13-26)27-14-8-3-9-15-27;/h3*1-10,12-22H;/q3*-1;+3. The minimum absolute atomic E-state index is 0. The first-order valence-electron chi connectivity index (χ1n) is 31.0. The van der Waals surface area contributed by atoms with Gasteiger partial charge in [0.15, 0.2) is 0 Å². The molecule has 0 aliphatic heterocycles. The summed E-state index contributed by atoms with van der Waals surface area (Å²) in [7, 11) is 0. The van der Waals surface area contributed by atoms with Gasteiger partial charge in [0.1, 0.15) is 0 Å². The van der Waals surface area contributed by atoms with Crippen LogP contribution in [-0.4, -0.2) is 15.0 Å². The second kappa shape index (κ2) is 31.2. The monoisotopic (exact) mass is 1380 g/mol. The van der Waals surface area contributed by atoms with Crippen LogP contribution in [0.2, 0.25) is 0 Å². The minimum atomic E-state index is 0. The molecule has 0 saturated heterocycles. The number of anilines is 9. The molecule has 0 aliphatic carbocycles. The van der Waals surface area contributed by atoms with Gasteiger partial charge in [-0.3, -0.25) is 0 Å². The maximum Gasteiger partial charge on any atom is 3.00 e. The Kier molecular flexibility index (Phi) is 20.7. The van der Waals surface area contributed by atoms with E-state index in [1.165, 1.54) is 0 Å². The Morgan fingerprint density at radius 1 is 0.191 bits per heavy atom. The van der Waals surface area contributed by atoms with Crippen molar-refractivity contribution in [2.75, 3.05) is 14.7 Å². The van der Waals surface area contributed by atoms with Crippen molar-refractivity contribution in [3.8, 4) is 67.2 Å². The minimum Gasteiger partial charge on any atom is -0.311 e. The first-order chi connectivity index (χ1) is 46.1. The van der Waals surface area contributed by atoms with E-state index >= 15 is 0 Å². The Labute approximate surface area is 565 Å². The molecule has 450 valence electrons. The van der Waals surface area contributed by atoms with Crippen LogP contribution in [0, 0.1) is 18.2 Å². The van der Waals surface area contributed by atoms with Crippen molar-refractivity contribution < 1.29 is 20.1 Å². The quantitative estimate of drug-likeness (QED) is 0.0954. The average molecular weight is 1380 g/mol. The fourth-order valence-electron chi connectivity index (χ4n) is 11.1. The van der Waals surface area contributed by atoms with E-state index < -0.39 is 0 Å². The zero-order valence-electron chi connectivity index (χ0n) is 51.4. The van der Waals surface area contributed by atoms with Gasteiger partial charge in [-0.25, -0.2) is 0 Å². The molecule has 0 atom stereocenters. The smallest absolute Gasteiger partial charge is 0.311 e. The van der Waals surface area contributed by atoms with Crippen molar-refractivity contribution in [1.82, 2.24) is 15.0 Å². The number of rotatable bonds is 15. The van der Waals surface area contributed by atoms with Crippen LogP contribution in [0.4, 0.5) is 51.2 Å². The molecule has 7 heteroatoms. The molecule has 0 spiro atoms. The largest absolute Gasteiger partial charge is 3.00 e. The summed E-state index contributed by atoms with van der Waals surface area (Å²) >= 11 is 0. The number of pyridine rings is 3. The van der Waals surface area contributed by atoms with Gasteiger partial charge in [-0.2, -0.15) is 0 Å². The Morgan fingerprint density at radius 2 is 0.394 bits per heavy atom. The Balaban J connectivity index is 0.000000135. The first-order valence-corrected chi connectivity index (χ1v) is 31.0. The second-order valence-electron chi connectivity index (χ2n) is 21.8. The van der Waals surface area contributed by atoms with Gasteiger partial charge < -0.3 is 29.7 Å². The van der Waals surface area contributed by atoms with Crippen LogP contribution in [0.3, 0.4) is 0 Å². The van der Waals surface area contributed by atoms with E-state index in [9.17, 15) is 0 Å². The van der Waals surface area contributed by atoms with E-state index in [2.05, 4.69) is 284 Å². The molecule has 0 fully saturated rings. The van der Waals surface area contributed by atoms with E-state index in [4.69, 9.17) is 0 Å². The van der Waals surface area contributed by atoms with E-state index in [0.29, 0.717) is 0 Å². The van der Waals surface area contributed by atoms with Gasteiger partial charge in [0.25, 0.3) is 0 Å². The molecule has 0 radical (unpaired) electrons. The summed E-state index contributed by atoms with van der Waals surface area (Å²) in [6.45, 7) is 0. The molecule has 0 amide bonds. The Hall–Kier alpha value is -11.9. The van der Waals surface area contributed by atoms with Gasteiger partial charge in [0, 0.05) is 69.8 Å². The summed E-state index contributed by atoms with van der Waals surface area (Å²) in [5, 5.41) is 0. The topological polar surface area (TPSA) is 48.4 Å². The van der Waals surface area contributed by atoms with Crippen molar-refractivity contribution in [3.05, 3.63) is 401 Å². The molecule has 3 aromatic heterocycles. The van der Waals surface area contributed by atoms with Crippen molar-refractivity contribution in [1.29, 1.82) is 0 Å². The molecule has 0 unspecified atom stereocenters. The molecule has 15 aromatic rings. The molecule has 0 bridgehead atoms. The predicted molar refractivity (Wildman–Crippen MR) is 386 cm³/mol. The summed E-state index contributed by atoms with van der Waals surface area (Å²) in [5.41, 5.74) is 22.8. The van der Waals surface area contributed by atoms with Crippen LogP contribution >= 0.6 is 0 Å². The number of hydrogen-bond donors (Lipinski definition) is 0. The Bertz CT molecular complexity index is 4120. The fourth-order valence-corrected chi connectivity index (χ4v) is 11.1. The van der Waals surface area contributed by atoms with Crippen molar-refractivity contribution in [3.63, 3.8) is 0 Å². The Morgan fingerprint density at radius 3 is 0.596 bits per heavy atom. The number of benzene rings is 12. The molecule has 12 aromatic carbocycles. The van der Waals surface area contributed by atoms with Crippen LogP contribution in [0.5, 0.6) is 0 Å². The van der Waals surface area contributed by atoms with Crippen LogP contribution in [0.25, 0.3) is 67.2 Å². The van der Waals surface area contributed by atoms with Crippen LogP contribution in [0.1, 0.15) is 0 Å². The molecule has 0 saturated carbocycles. The second-order valence-corrected chi connectivity index (χ2v) is 21.8.